The van der Waals surface area contributed by atoms with E-state index in [0.29, 0.717) is 61.9 Å². The quantitative estimate of drug-likeness (QED) is 0.647. The number of halogens is 1. The molecule has 0 amide bonds. The van der Waals surface area contributed by atoms with Crippen LogP contribution in [0.5, 0.6) is 0 Å². The minimum absolute atomic E-state index is 0.0107. The first-order chi connectivity index (χ1) is 15.5. The molecule has 0 unspecified atom stereocenters. The number of ether oxygens (including phenoxy) is 1. The number of hydrogen-bond donors (Lipinski definition) is 2. The minimum atomic E-state index is -1.14. The lowest BCUT2D eigenvalue weighted by atomic mass is 9.80. The molecule has 2 N–H and O–H groups in total. The van der Waals surface area contributed by atoms with Gasteiger partial charge in [0.2, 0.25) is 0 Å². The Labute approximate surface area is 183 Å². The van der Waals surface area contributed by atoms with E-state index in [9.17, 15) is 19.1 Å². The van der Waals surface area contributed by atoms with Crippen LogP contribution in [0, 0.1) is 5.82 Å². The number of fused-ring (bicyclic) bond motifs is 1. The second-order valence-corrected chi connectivity index (χ2v) is 8.20. The predicted molar refractivity (Wildman–Crippen MR) is 117 cm³/mol. The van der Waals surface area contributed by atoms with Crippen molar-refractivity contribution >= 4 is 22.8 Å². The molecule has 2 aliphatic rings. The van der Waals surface area contributed by atoms with Crippen LogP contribution in [0.25, 0.3) is 11.0 Å². The van der Waals surface area contributed by atoms with E-state index in [1.165, 1.54) is 24.3 Å². The molecule has 0 bridgehead atoms. The molecule has 0 radical (unpaired) electrons. The van der Waals surface area contributed by atoms with Crippen molar-refractivity contribution in [2.75, 3.05) is 37.7 Å². The highest BCUT2D eigenvalue weighted by atomic mass is 19.1. The fraction of sp³-hybridized carbons (Fsp3) is 0.333. The summed E-state index contributed by atoms with van der Waals surface area (Å²) in [5.74, 6) is -1.11. The topological polar surface area (TPSA) is 92.0 Å². The maximum Gasteiger partial charge on any atom is 0.335 e. The Hall–Kier alpha value is -3.23. The van der Waals surface area contributed by atoms with Gasteiger partial charge in [-0.1, -0.05) is 12.1 Å². The molecule has 0 saturated carbocycles. The van der Waals surface area contributed by atoms with Crippen LogP contribution in [0.1, 0.15) is 34.3 Å². The van der Waals surface area contributed by atoms with E-state index < -0.39 is 11.5 Å². The van der Waals surface area contributed by atoms with Crippen molar-refractivity contribution in [3.8, 4) is 0 Å². The molecule has 0 spiro atoms. The SMILES string of the molecule is O=C(O)c1cc([C@]2(c3cccc(F)c3)CCCN2)c2oc(N3CCOCC3)cc(=O)c2c1. The van der Waals surface area contributed by atoms with Crippen molar-refractivity contribution in [2.24, 2.45) is 0 Å². The maximum atomic E-state index is 14.2. The summed E-state index contributed by atoms with van der Waals surface area (Å²) in [4.78, 5) is 26.9. The summed E-state index contributed by atoms with van der Waals surface area (Å²) in [6.07, 6.45) is 1.42. The zero-order chi connectivity index (χ0) is 22.3. The lowest BCUT2D eigenvalue weighted by molar-refractivity contribution is 0.0697. The third kappa shape index (κ3) is 3.45. The highest BCUT2D eigenvalue weighted by Gasteiger charge is 2.40. The standard InChI is InChI=1S/C24H23FN2O5/c25-17-4-1-3-16(13-17)24(5-2-6-26-24)19-12-15(23(29)30)11-18-20(28)14-21(32-22(18)19)27-7-9-31-10-8-27/h1,3-4,11-14,26H,2,5-10H2,(H,29,30)/t24-/m1/s1. The number of benzene rings is 2. The van der Waals surface area contributed by atoms with Crippen LogP contribution < -0.4 is 15.6 Å². The molecule has 1 aromatic heterocycles. The molecule has 8 heteroatoms. The van der Waals surface area contributed by atoms with E-state index in [0.717, 1.165) is 6.42 Å². The number of carboxylic acids is 1. The molecule has 0 aliphatic carbocycles. The van der Waals surface area contributed by atoms with Crippen LogP contribution in [-0.2, 0) is 10.3 Å². The number of rotatable bonds is 4. The number of morpholine rings is 1. The van der Waals surface area contributed by atoms with Crippen LogP contribution in [0.2, 0.25) is 0 Å². The first kappa shape index (κ1) is 20.7. The van der Waals surface area contributed by atoms with E-state index in [-0.39, 0.29) is 22.2 Å². The third-order valence-corrected chi connectivity index (χ3v) is 6.32. The Morgan fingerprint density at radius 1 is 1.16 bits per heavy atom. The monoisotopic (exact) mass is 438 g/mol. The van der Waals surface area contributed by atoms with Crippen molar-refractivity contribution in [1.82, 2.24) is 5.32 Å². The normalized spacial score (nSPS) is 21.2. The van der Waals surface area contributed by atoms with E-state index in [2.05, 4.69) is 5.32 Å². The number of nitrogens with zero attached hydrogens (tertiary/aromatic N) is 1. The molecule has 2 fully saturated rings. The van der Waals surface area contributed by atoms with Gasteiger partial charge in [-0.15, -0.1) is 0 Å². The Kier molecular flexibility index (Phi) is 5.19. The molecule has 2 aliphatic heterocycles. The summed E-state index contributed by atoms with van der Waals surface area (Å²) < 4.78 is 25.9. The van der Waals surface area contributed by atoms with Crippen LogP contribution >= 0.6 is 0 Å². The van der Waals surface area contributed by atoms with Gasteiger partial charge in [0.1, 0.15) is 11.4 Å². The number of carbonyl (C=O) groups is 1. The molecule has 32 heavy (non-hydrogen) atoms. The molecule has 1 atom stereocenters. The Bertz CT molecular complexity index is 1240. The zero-order valence-electron chi connectivity index (χ0n) is 17.4. The van der Waals surface area contributed by atoms with Gasteiger partial charge in [-0.25, -0.2) is 9.18 Å². The van der Waals surface area contributed by atoms with Gasteiger partial charge in [-0.05, 0) is 49.2 Å². The summed E-state index contributed by atoms with van der Waals surface area (Å²) in [5, 5.41) is 13.4. The first-order valence-electron chi connectivity index (χ1n) is 10.7. The summed E-state index contributed by atoms with van der Waals surface area (Å²) >= 11 is 0. The second kappa shape index (κ2) is 8.03. The summed E-state index contributed by atoms with van der Waals surface area (Å²) in [5.41, 5.74) is 0.322. The number of anilines is 1. The minimum Gasteiger partial charge on any atom is -0.478 e. The van der Waals surface area contributed by atoms with Gasteiger partial charge >= 0.3 is 5.97 Å². The molecule has 3 aromatic rings. The van der Waals surface area contributed by atoms with Crippen molar-refractivity contribution in [2.45, 2.75) is 18.4 Å². The Balaban J connectivity index is 1.80. The van der Waals surface area contributed by atoms with E-state index in [1.807, 2.05) is 11.0 Å². The second-order valence-electron chi connectivity index (χ2n) is 8.20. The van der Waals surface area contributed by atoms with E-state index in [1.54, 1.807) is 12.1 Å². The largest absolute Gasteiger partial charge is 0.478 e. The zero-order valence-corrected chi connectivity index (χ0v) is 17.4. The molecule has 2 aromatic carbocycles. The van der Waals surface area contributed by atoms with Gasteiger partial charge in [-0.3, -0.25) is 4.79 Å². The highest BCUT2D eigenvalue weighted by Crippen LogP contribution is 2.42. The van der Waals surface area contributed by atoms with E-state index >= 15 is 0 Å². The molecular formula is C24H23FN2O5. The molecule has 2 saturated heterocycles. The summed E-state index contributed by atoms with van der Waals surface area (Å²) in [6.45, 7) is 2.90. The Morgan fingerprint density at radius 2 is 1.97 bits per heavy atom. The van der Waals surface area contributed by atoms with Crippen molar-refractivity contribution in [3.05, 3.63) is 75.2 Å². The van der Waals surface area contributed by atoms with Gasteiger partial charge in [0, 0.05) is 24.7 Å². The molecular weight excluding hydrogens is 415 g/mol. The highest BCUT2D eigenvalue weighted by molar-refractivity contribution is 5.95. The number of carboxylic acid groups (broad SMARTS) is 1. The van der Waals surface area contributed by atoms with Crippen LogP contribution in [-0.4, -0.2) is 43.9 Å². The van der Waals surface area contributed by atoms with Gasteiger partial charge in [-0.2, -0.15) is 0 Å². The van der Waals surface area contributed by atoms with Crippen LogP contribution in [0.15, 0.2) is 51.7 Å². The maximum absolute atomic E-state index is 14.2. The van der Waals surface area contributed by atoms with Crippen LogP contribution in [0.3, 0.4) is 0 Å². The lowest BCUT2D eigenvalue weighted by Crippen LogP contribution is -2.39. The van der Waals surface area contributed by atoms with Crippen molar-refractivity contribution in [1.29, 1.82) is 0 Å². The smallest absolute Gasteiger partial charge is 0.335 e. The fourth-order valence-electron chi connectivity index (χ4n) is 4.76. The fourth-order valence-corrected chi connectivity index (χ4v) is 4.76. The predicted octanol–water partition coefficient (Wildman–Crippen LogP) is 3.09. The lowest BCUT2D eigenvalue weighted by Gasteiger charge is -2.32. The average molecular weight is 438 g/mol. The third-order valence-electron chi connectivity index (χ3n) is 6.32. The number of aromatic carboxylic acids is 1. The van der Waals surface area contributed by atoms with Crippen molar-refractivity contribution < 1.29 is 23.4 Å². The van der Waals surface area contributed by atoms with Gasteiger partial charge in [0.25, 0.3) is 0 Å². The van der Waals surface area contributed by atoms with Crippen molar-refractivity contribution in [3.63, 3.8) is 0 Å². The Morgan fingerprint density at radius 3 is 2.66 bits per heavy atom. The summed E-state index contributed by atoms with van der Waals surface area (Å²) in [7, 11) is 0. The average Bonchev–Trinajstić information content (AvgIpc) is 3.30. The first-order valence-corrected chi connectivity index (χ1v) is 10.7. The molecule has 3 heterocycles. The number of hydrogen-bond acceptors (Lipinski definition) is 6. The molecule has 5 rings (SSSR count). The molecule has 166 valence electrons. The van der Waals surface area contributed by atoms with Gasteiger partial charge < -0.3 is 24.5 Å². The molecule has 7 nitrogen and oxygen atoms in total. The number of nitrogens with one attached hydrogen (secondary N) is 1. The summed E-state index contributed by atoms with van der Waals surface area (Å²) in [6, 6.07) is 10.6. The van der Waals surface area contributed by atoms with Crippen LogP contribution in [0.4, 0.5) is 10.3 Å². The van der Waals surface area contributed by atoms with Gasteiger partial charge in [0.15, 0.2) is 11.3 Å². The van der Waals surface area contributed by atoms with Gasteiger partial charge in [0.05, 0.1) is 29.7 Å². The van der Waals surface area contributed by atoms with E-state index in [4.69, 9.17) is 9.15 Å².